The fourth-order valence-corrected chi connectivity index (χ4v) is 0.823. The third-order valence-electron chi connectivity index (χ3n) is 1.48. The average molecular weight is 337 g/mol. The van der Waals surface area contributed by atoms with Crippen molar-refractivity contribution in [1.82, 2.24) is 0 Å². The van der Waals surface area contributed by atoms with Crippen LogP contribution in [0.1, 0.15) is 0 Å². The summed E-state index contributed by atoms with van der Waals surface area (Å²) in [7, 11) is 0. The van der Waals surface area contributed by atoms with Gasteiger partial charge in [0.05, 0.1) is 6.61 Å². The van der Waals surface area contributed by atoms with Crippen molar-refractivity contribution < 1.29 is 30.0 Å². The van der Waals surface area contributed by atoms with Crippen LogP contribution in [-0.2, 0) is 9.53 Å². The molecular formula is C6H12ClO6Sb. The summed E-state index contributed by atoms with van der Waals surface area (Å²) in [6, 6.07) is 0. The van der Waals surface area contributed by atoms with E-state index in [0.29, 0.717) is 0 Å². The van der Waals surface area contributed by atoms with Crippen LogP contribution in [0.2, 0.25) is 0 Å². The number of halogens is 1. The summed E-state index contributed by atoms with van der Waals surface area (Å²) < 4.78 is 4.32. The van der Waals surface area contributed by atoms with Crippen LogP contribution in [0.3, 0.4) is 0 Å². The topological polar surface area (TPSA) is 107 Å². The van der Waals surface area contributed by atoms with Crippen LogP contribution in [0.4, 0.5) is 0 Å². The van der Waals surface area contributed by atoms with Gasteiger partial charge in [-0.15, -0.1) is 12.4 Å². The number of carbonyl (C=O) groups is 1. The van der Waals surface area contributed by atoms with Crippen LogP contribution >= 0.6 is 12.4 Å². The fourth-order valence-electron chi connectivity index (χ4n) is 0.823. The van der Waals surface area contributed by atoms with Crippen molar-refractivity contribution in [3.8, 4) is 0 Å². The molecule has 2 atom stereocenters. The molecule has 1 rings (SSSR count). The number of aliphatic hydroxyl groups excluding tert-OH is 4. The molecule has 1 aliphatic heterocycles. The second kappa shape index (κ2) is 6.35. The van der Waals surface area contributed by atoms with E-state index in [2.05, 4.69) is 4.74 Å². The van der Waals surface area contributed by atoms with Crippen LogP contribution in [0.25, 0.3) is 0 Å². The van der Waals surface area contributed by atoms with Crippen LogP contribution < -0.4 is 0 Å². The Balaban J connectivity index is 0. The Morgan fingerprint density at radius 3 is 2.21 bits per heavy atom. The number of hydrogen-bond donors (Lipinski definition) is 4. The molecule has 1 heterocycles. The second-order valence-electron chi connectivity index (χ2n) is 2.31. The summed E-state index contributed by atoms with van der Waals surface area (Å²) in [4.78, 5) is 10.5. The first-order valence-electron chi connectivity index (χ1n) is 3.20. The Morgan fingerprint density at radius 1 is 1.43 bits per heavy atom. The molecule has 0 aromatic rings. The van der Waals surface area contributed by atoms with Crippen molar-refractivity contribution in [2.75, 3.05) is 6.61 Å². The monoisotopic (exact) mass is 336 g/mol. The molecule has 0 spiro atoms. The van der Waals surface area contributed by atoms with Gasteiger partial charge in [-0.25, -0.2) is 4.79 Å². The SMILES string of the molecule is Cl.O=C1O[C@H]([C@H](O)CO)C(O)=C1O.[SbH3]. The molecule has 8 heteroatoms. The second-order valence-corrected chi connectivity index (χ2v) is 2.31. The van der Waals surface area contributed by atoms with Gasteiger partial charge >= 0.3 is 30.4 Å². The standard InChI is InChI=1S/C6H8O6.ClH.Sb.3H/c7-1-2(8)5-3(9)4(10)6(11)12-5;;;;;/h2,5,7-10H,1H2;1H;;;;/t2-,5-;;;;;/m1...../s1. The van der Waals surface area contributed by atoms with E-state index in [1.165, 1.54) is 0 Å². The Labute approximate surface area is 103 Å². The Hall–Kier alpha value is -0.162. The van der Waals surface area contributed by atoms with Crippen molar-refractivity contribution in [1.29, 1.82) is 0 Å². The molecule has 14 heavy (non-hydrogen) atoms. The molecule has 0 saturated heterocycles. The number of cyclic esters (lactones) is 1. The molecule has 84 valence electrons. The van der Waals surface area contributed by atoms with E-state index in [9.17, 15) is 4.79 Å². The van der Waals surface area contributed by atoms with Gasteiger partial charge in [-0.1, -0.05) is 0 Å². The van der Waals surface area contributed by atoms with Gasteiger partial charge in [0, 0.05) is 0 Å². The van der Waals surface area contributed by atoms with E-state index in [1.54, 1.807) is 0 Å². The Bertz CT molecular complexity index is 242. The van der Waals surface area contributed by atoms with E-state index in [0.717, 1.165) is 0 Å². The van der Waals surface area contributed by atoms with Gasteiger partial charge in [0.2, 0.25) is 5.76 Å². The maximum atomic E-state index is 10.5. The Kier molecular flexibility index (Phi) is 7.38. The first-order valence-corrected chi connectivity index (χ1v) is 3.20. The van der Waals surface area contributed by atoms with Gasteiger partial charge in [0.25, 0.3) is 0 Å². The molecule has 0 aromatic heterocycles. The van der Waals surface area contributed by atoms with E-state index < -0.39 is 36.3 Å². The summed E-state index contributed by atoms with van der Waals surface area (Å²) >= 11 is 0. The van der Waals surface area contributed by atoms with Gasteiger partial charge in [-0.2, -0.15) is 0 Å². The van der Waals surface area contributed by atoms with E-state index in [4.69, 9.17) is 20.4 Å². The molecule has 0 fully saturated rings. The van der Waals surface area contributed by atoms with Crippen LogP contribution in [-0.4, -0.2) is 69.6 Å². The zero-order valence-corrected chi connectivity index (χ0v) is 11.9. The maximum absolute atomic E-state index is 10.5. The molecule has 0 amide bonds. The third kappa shape index (κ3) is 2.92. The number of aliphatic hydroxyl groups is 4. The predicted octanol–water partition coefficient (Wildman–Crippen LogP) is -2.17. The van der Waals surface area contributed by atoms with E-state index >= 15 is 0 Å². The molecule has 1 aliphatic rings. The fraction of sp³-hybridized carbons (Fsp3) is 0.500. The van der Waals surface area contributed by atoms with Crippen LogP contribution in [0.5, 0.6) is 0 Å². The molecule has 0 saturated carbocycles. The van der Waals surface area contributed by atoms with Gasteiger partial charge in [-0.3, -0.25) is 0 Å². The number of rotatable bonds is 2. The quantitative estimate of drug-likeness (QED) is 0.337. The molecule has 0 aliphatic carbocycles. The van der Waals surface area contributed by atoms with Gasteiger partial charge in [-0.05, 0) is 0 Å². The normalized spacial score (nSPS) is 22.1. The van der Waals surface area contributed by atoms with Gasteiger partial charge in [0.1, 0.15) is 6.10 Å². The minimum atomic E-state index is -1.42. The zero-order chi connectivity index (χ0) is 9.30. The van der Waals surface area contributed by atoms with E-state index in [-0.39, 0.29) is 36.8 Å². The minimum absolute atomic E-state index is 0. The summed E-state index contributed by atoms with van der Waals surface area (Å²) in [5.74, 6) is -2.78. The van der Waals surface area contributed by atoms with Crippen molar-refractivity contribution in [2.45, 2.75) is 12.2 Å². The molecule has 6 nitrogen and oxygen atoms in total. The zero-order valence-electron chi connectivity index (χ0n) is 7.08. The molecule has 4 N–H and O–H groups in total. The van der Waals surface area contributed by atoms with Gasteiger partial charge in [0.15, 0.2) is 11.9 Å². The predicted molar refractivity (Wildman–Crippen MR) is 52.4 cm³/mol. The first-order chi connectivity index (χ1) is 5.57. The third-order valence-corrected chi connectivity index (χ3v) is 1.48. The number of ether oxygens (including phenoxy) is 1. The number of carbonyl (C=O) groups excluding carboxylic acids is 1. The molecule has 0 radical (unpaired) electrons. The summed E-state index contributed by atoms with van der Waals surface area (Å²) in [6.45, 7) is -0.671. The van der Waals surface area contributed by atoms with E-state index in [1.807, 2.05) is 0 Å². The van der Waals surface area contributed by atoms with Crippen molar-refractivity contribution in [2.24, 2.45) is 0 Å². The van der Waals surface area contributed by atoms with Gasteiger partial charge < -0.3 is 25.2 Å². The summed E-state index contributed by atoms with van der Waals surface area (Å²) in [6.07, 6.45) is -2.78. The molecular weight excluding hydrogens is 325 g/mol. The van der Waals surface area contributed by atoms with Crippen molar-refractivity contribution >= 4 is 42.8 Å². The van der Waals surface area contributed by atoms with Crippen LogP contribution in [0, 0.1) is 0 Å². The summed E-state index contributed by atoms with van der Waals surface area (Å²) in [5.41, 5.74) is 0. The Morgan fingerprint density at radius 2 is 1.93 bits per heavy atom. The molecule has 0 unspecified atom stereocenters. The molecule has 0 aromatic carbocycles. The van der Waals surface area contributed by atoms with Crippen molar-refractivity contribution in [3.05, 3.63) is 11.5 Å². The summed E-state index contributed by atoms with van der Waals surface area (Å²) in [5, 5.41) is 35.0. The average Bonchev–Trinajstić information content (AvgIpc) is 2.32. The number of hydrogen-bond acceptors (Lipinski definition) is 6. The van der Waals surface area contributed by atoms with Crippen molar-refractivity contribution in [3.63, 3.8) is 0 Å². The molecule has 0 bridgehead atoms. The first kappa shape index (κ1) is 16.3. The number of esters is 1. The van der Waals surface area contributed by atoms with Crippen LogP contribution in [0.15, 0.2) is 11.5 Å².